The maximum atomic E-state index is 12.3. The van der Waals surface area contributed by atoms with Crippen LogP contribution >= 0.6 is 11.3 Å². The van der Waals surface area contributed by atoms with E-state index in [0.29, 0.717) is 18.2 Å². The van der Waals surface area contributed by atoms with Crippen LogP contribution in [0.4, 0.5) is 0 Å². The number of hydrogen-bond donors (Lipinski definition) is 0. The van der Waals surface area contributed by atoms with E-state index >= 15 is 0 Å². The Morgan fingerprint density at radius 1 is 1.25 bits per heavy atom. The number of carbonyl (C=O) groups excluding carboxylic acids is 1. The maximum Gasteiger partial charge on any atom is 0.222 e. The van der Waals surface area contributed by atoms with Crippen molar-refractivity contribution in [1.29, 1.82) is 0 Å². The molecule has 1 aliphatic heterocycles. The SMILES string of the molecule is O=C(CCc1ccccc1)N1CCC(c2ccsc2)C1. The second-order valence-corrected chi connectivity index (χ2v) is 6.15. The fraction of sp³-hybridized carbons (Fsp3) is 0.353. The number of thiophene rings is 1. The minimum Gasteiger partial charge on any atom is -0.342 e. The predicted molar refractivity (Wildman–Crippen MR) is 83.0 cm³/mol. The van der Waals surface area contributed by atoms with E-state index in [9.17, 15) is 4.79 Å². The monoisotopic (exact) mass is 285 g/mol. The Labute approximate surface area is 124 Å². The van der Waals surface area contributed by atoms with Crippen LogP contribution in [0.2, 0.25) is 0 Å². The molecule has 1 amide bonds. The average molecular weight is 285 g/mol. The summed E-state index contributed by atoms with van der Waals surface area (Å²) in [5, 5.41) is 4.33. The Morgan fingerprint density at radius 3 is 2.85 bits per heavy atom. The van der Waals surface area contributed by atoms with Crippen LogP contribution < -0.4 is 0 Å². The largest absolute Gasteiger partial charge is 0.342 e. The zero-order chi connectivity index (χ0) is 13.8. The van der Waals surface area contributed by atoms with E-state index in [2.05, 4.69) is 29.0 Å². The highest BCUT2D eigenvalue weighted by Gasteiger charge is 2.26. The molecule has 2 aromatic rings. The zero-order valence-electron chi connectivity index (χ0n) is 11.5. The lowest BCUT2D eigenvalue weighted by atomic mass is 10.0. The van der Waals surface area contributed by atoms with E-state index in [0.717, 1.165) is 25.9 Å². The third-order valence-electron chi connectivity index (χ3n) is 4.03. The summed E-state index contributed by atoms with van der Waals surface area (Å²) in [6.45, 7) is 1.80. The molecule has 1 atom stereocenters. The van der Waals surface area contributed by atoms with Crippen molar-refractivity contribution in [3.8, 4) is 0 Å². The molecule has 1 aromatic heterocycles. The molecular weight excluding hydrogens is 266 g/mol. The summed E-state index contributed by atoms with van der Waals surface area (Å²) in [6, 6.07) is 12.4. The van der Waals surface area contributed by atoms with Crippen molar-refractivity contribution in [2.24, 2.45) is 0 Å². The first-order valence-corrected chi connectivity index (χ1v) is 8.11. The lowest BCUT2D eigenvalue weighted by molar-refractivity contribution is -0.130. The average Bonchev–Trinajstić information content (AvgIpc) is 3.16. The van der Waals surface area contributed by atoms with Gasteiger partial charge in [0.25, 0.3) is 0 Å². The van der Waals surface area contributed by atoms with Crippen molar-refractivity contribution in [1.82, 2.24) is 4.90 Å². The number of benzene rings is 1. The van der Waals surface area contributed by atoms with Gasteiger partial charge in [-0.05, 0) is 40.8 Å². The number of amides is 1. The zero-order valence-corrected chi connectivity index (χ0v) is 12.3. The lowest BCUT2D eigenvalue weighted by Crippen LogP contribution is -2.28. The molecule has 20 heavy (non-hydrogen) atoms. The van der Waals surface area contributed by atoms with Crippen molar-refractivity contribution in [3.63, 3.8) is 0 Å². The number of aryl methyl sites for hydroxylation is 1. The van der Waals surface area contributed by atoms with Gasteiger partial charge < -0.3 is 4.90 Å². The molecule has 1 saturated heterocycles. The molecule has 2 heterocycles. The van der Waals surface area contributed by atoms with Gasteiger partial charge in [0.2, 0.25) is 5.91 Å². The lowest BCUT2D eigenvalue weighted by Gasteiger charge is -2.16. The second kappa shape index (κ2) is 6.23. The van der Waals surface area contributed by atoms with E-state index in [-0.39, 0.29) is 0 Å². The molecule has 0 spiro atoms. The smallest absolute Gasteiger partial charge is 0.222 e. The van der Waals surface area contributed by atoms with Gasteiger partial charge in [0.1, 0.15) is 0 Å². The van der Waals surface area contributed by atoms with Crippen LogP contribution in [-0.2, 0) is 11.2 Å². The van der Waals surface area contributed by atoms with E-state index < -0.39 is 0 Å². The number of rotatable bonds is 4. The van der Waals surface area contributed by atoms with Gasteiger partial charge in [0, 0.05) is 25.4 Å². The molecule has 1 unspecified atom stereocenters. The van der Waals surface area contributed by atoms with Crippen molar-refractivity contribution in [2.45, 2.75) is 25.2 Å². The van der Waals surface area contributed by atoms with E-state index in [1.807, 2.05) is 23.1 Å². The molecule has 0 aliphatic carbocycles. The Balaban J connectivity index is 1.51. The number of nitrogens with zero attached hydrogens (tertiary/aromatic N) is 1. The molecule has 3 rings (SSSR count). The Hall–Kier alpha value is -1.61. The summed E-state index contributed by atoms with van der Waals surface area (Å²) in [4.78, 5) is 14.3. The van der Waals surface area contributed by atoms with E-state index in [1.165, 1.54) is 11.1 Å². The van der Waals surface area contributed by atoms with E-state index in [1.54, 1.807) is 11.3 Å². The first kappa shape index (κ1) is 13.4. The molecule has 1 aliphatic rings. The summed E-state index contributed by atoms with van der Waals surface area (Å²) in [6.07, 6.45) is 2.58. The minimum atomic E-state index is 0.298. The van der Waals surface area contributed by atoms with Crippen molar-refractivity contribution in [2.75, 3.05) is 13.1 Å². The second-order valence-electron chi connectivity index (χ2n) is 5.37. The molecule has 2 nitrogen and oxygen atoms in total. The molecule has 3 heteroatoms. The van der Waals surface area contributed by atoms with Crippen LogP contribution in [-0.4, -0.2) is 23.9 Å². The quantitative estimate of drug-likeness (QED) is 0.839. The molecule has 0 saturated carbocycles. The third-order valence-corrected chi connectivity index (χ3v) is 4.73. The Bertz CT molecular complexity index is 550. The maximum absolute atomic E-state index is 12.3. The molecular formula is C17H19NOS. The van der Waals surface area contributed by atoms with Crippen molar-refractivity contribution < 1.29 is 4.79 Å². The standard InChI is InChI=1S/C17H19NOS/c19-17(7-6-14-4-2-1-3-5-14)18-10-8-15(12-18)16-9-11-20-13-16/h1-5,9,11,13,15H,6-8,10,12H2. The summed E-state index contributed by atoms with van der Waals surface area (Å²) in [7, 11) is 0. The van der Waals surface area contributed by atoms with Gasteiger partial charge in [0.15, 0.2) is 0 Å². The van der Waals surface area contributed by atoms with Gasteiger partial charge in [-0.25, -0.2) is 0 Å². The van der Waals surface area contributed by atoms with Crippen LogP contribution in [0.1, 0.15) is 29.9 Å². The summed E-state index contributed by atoms with van der Waals surface area (Å²) in [5.74, 6) is 0.841. The molecule has 0 N–H and O–H groups in total. The summed E-state index contributed by atoms with van der Waals surface area (Å²) in [5.41, 5.74) is 2.64. The van der Waals surface area contributed by atoms with E-state index in [4.69, 9.17) is 0 Å². The van der Waals surface area contributed by atoms with Crippen LogP contribution in [0.15, 0.2) is 47.2 Å². The van der Waals surface area contributed by atoms with Gasteiger partial charge in [-0.15, -0.1) is 0 Å². The van der Waals surface area contributed by atoms with Crippen LogP contribution in [0.25, 0.3) is 0 Å². The number of carbonyl (C=O) groups is 1. The molecule has 1 fully saturated rings. The van der Waals surface area contributed by atoms with Gasteiger partial charge in [-0.3, -0.25) is 4.79 Å². The summed E-state index contributed by atoms with van der Waals surface area (Å²) < 4.78 is 0. The predicted octanol–water partition coefficient (Wildman–Crippen LogP) is 3.70. The van der Waals surface area contributed by atoms with Gasteiger partial charge in [-0.1, -0.05) is 30.3 Å². The first-order valence-electron chi connectivity index (χ1n) is 7.17. The van der Waals surface area contributed by atoms with Crippen LogP contribution in [0.5, 0.6) is 0 Å². The minimum absolute atomic E-state index is 0.298. The normalized spacial score (nSPS) is 18.4. The van der Waals surface area contributed by atoms with Gasteiger partial charge in [-0.2, -0.15) is 11.3 Å². The molecule has 1 aromatic carbocycles. The Morgan fingerprint density at radius 2 is 2.10 bits per heavy atom. The van der Waals surface area contributed by atoms with Crippen LogP contribution in [0, 0.1) is 0 Å². The fourth-order valence-electron chi connectivity index (χ4n) is 2.82. The molecule has 0 bridgehead atoms. The first-order chi connectivity index (χ1) is 9.83. The van der Waals surface area contributed by atoms with Gasteiger partial charge in [0.05, 0.1) is 0 Å². The third kappa shape index (κ3) is 3.10. The highest BCUT2D eigenvalue weighted by atomic mass is 32.1. The highest BCUT2D eigenvalue weighted by molar-refractivity contribution is 7.07. The van der Waals surface area contributed by atoms with Crippen molar-refractivity contribution >= 4 is 17.2 Å². The summed E-state index contributed by atoms with van der Waals surface area (Å²) >= 11 is 1.74. The molecule has 0 radical (unpaired) electrons. The number of hydrogen-bond acceptors (Lipinski definition) is 2. The van der Waals surface area contributed by atoms with Crippen molar-refractivity contribution in [3.05, 3.63) is 58.3 Å². The van der Waals surface area contributed by atoms with Crippen LogP contribution in [0.3, 0.4) is 0 Å². The number of likely N-dealkylation sites (tertiary alicyclic amines) is 1. The molecule has 104 valence electrons. The van der Waals surface area contributed by atoms with Gasteiger partial charge >= 0.3 is 0 Å². The Kier molecular flexibility index (Phi) is 4.16. The highest BCUT2D eigenvalue weighted by Crippen LogP contribution is 2.29. The topological polar surface area (TPSA) is 20.3 Å². The fourth-order valence-corrected chi connectivity index (χ4v) is 3.56.